The first-order valence-corrected chi connectivity index (χ1v) is 5.54. The van der Waals surface area contributed by atoms with Gasteiger partial charge in [0.2, 0.25) is 0 Å². The van der Waals surface area contributed by atoms with E-state index in [0.717, 1.165) is 13.1 Å². The van der Waals surface area contributed by atoms with Gasteiger partial charge in [-0.2, -0.15) is 0 Å². The van der Waals surface area contributed by atoms with E-state index >= 15 is 0 Å². The Morgan fingerprint density at radius 1 is 1.19 bits per heavy atom. The van der Waals surface area contributed by atoms with Crippen LogP contribution in [-0.2, 0) is 4.74 Å². The van der Waals surface area contributed by atoms with Gasteiger partial charge in [0.1, 0.15) is 0 Å². The van der Waals surface area contributed by atoms with Crippen LogP contribution in [0, 0.1) is 0 Å². The molecule has 0 radical (unpaired) electrons. The number of aliphatic hydroxyl groups is 1. The zero-order chi connectivity index (χ0) is 11.5. The molecule has 0 heterocycles. The largest absolute Gasteiger partial charge is 0.394 e. The molecule has 88 valence electrons. The van der Waals surface area contributed by atoms with Gasteiger partial charge in [0.25, 0.3) is 0 Å². The van der Waals surface area contributed by atoms with Crippen LogP contribution >= 0.6 is 0 Å². The molecule has 0 saturated carbocycles. The molecule has 3 heteroatoms. The number of benzene rings is 1. The van der Waals surface area contributed by atoms with Crippen molar-refractivity contribution in [2.75, 3.05) is 32.9 Å². The molecule has 1 aromatic carbocycles. The molecule has 0 atom stereocenters. The van der Waals surface area contributed by atoms with Crippen LogP contribution in [0.25, 0.3) is 6.08 Å². The number of nitrogens with one attached hydrogen (secondary N) is 1. The molecular weight excluding hydrogens is 202 g/mol. The van der Waals surface area contributed by atoms with Gasteiger partial charge >= 0.3 is 0 Å². The van der Waals surface area contributed by atoms with Gasteiger partial charge in [0.15, 0.2) is 0 Å². The Bertz CT molecular complexity index is 285. The number of hydrogen-bond acceptors (Lipinski definition) is 3. The van der Waals surface area contributed by atoms with Gasteiger partial charge < -0.3 is 15.2 Å². The van der Waals surface area contributed by atoms with Crippen LogP contribution in [0.5, 0.6) is 0 Å². The molecule has 0 amide bonds. The highest BCUT2D eigenvalue weighted by atomic mass is 16.5. The molecule has 0 unspecified atom stereocenters. The van der Waals surface area contributed by atoms with Crippen molar-refractivity contribution in [1.29, 1.82) is 0 Å². The molecule has 0 aliphatic carbocycles. The number of aliphatic hydroxyl groups excluding tert-OH is 1. The maximum Gasteiger partial charge on any atom is 0.0698 e. The van der Waals surface area contributed by atoms with Gasteiger partial charge in [-0.05, 0) is 5.56 Å². The average Bonchev–Trinajstić information content (AvgIpc) is 2.34. The first kappa shape index (κ1) is 12.9. The lowest BCUT2D eigenvalue weighted by Gasteiger charge is -2.02. The zero-order valence-corrected chi connectivity index (χ0v) is 9.43. The Kier molecular flexibility index (Phi) is 7.34. The highest BCUT2D eigenvalue weighted by Crippen LogP contribution is 1.99. The van der Waals surface area contributed by atoms with E-state index in [1.807, 2.05) is 18.2 Å². The van der Waals surface area contributed by atoms with Crippen LogP contribution < -0.4 is 5.32 Å². The minimum atomic E-state index is 0.0912. The SMILES string of the molecule is OCCOCCNC/C=C/c1ccccc1. The summed E-state index contributed by atoms with van der Waals surface area (Å²) >= 11 is 0. The Hall–Kier alpha value is -1.16. The van der Waals surface area contributed by atoms with Crippen LogP contribution in [0.15, 0.2) is 36.4 Å². The lowest BCUT2D eigenvalue weighted by molar-refractivity contribution is 0.0943. The second-order valence-electron chi connectivity index (χ2n) is 3.35. The Morgan fingerprint density at radius 2 is 2.00 bits per heavy atom. The molecule has 0 aromatic heterocycles. The second kappa shape index (κ2) is 9.09. The second-order valence-corrected chi connectivity index (χ2v) is 3.35. The molecule has 0 spiro atoms. The van der Waals surface area contributed by atoms with Crippen molar-refractivity contribution >= 4 is 6.08 Å². The van der Waals surface area contributed by atoms with E-state index in [4.69, 9.17) is 9.84 Å². The van der Waals surface area contributed by atoms with Crippen molar-refractivity contribution in [1.82, 2.24) is 5.32 Å². The molecule has 2 N–H and O–H groups in total. The smallest absolute Gasteiger partial charge is 0.0698 e. The maximum atomic E-state index is 8.48. The fourth-order valence-electron chi connectivity index (χ4n) is 1.26. The van der Waals surface area contributed by atoms with Crippen LogP contribution in [0.4, 0.5) is 0 Å². The summed E-state index contributed by atoms with van der Waals surface area (Å²) in [6.45, 7) is 2.78. The third-order valence-corrected chi connectivity index (χ3v) is 2.03. The van der Waals surface area contributed by atoms with Gasteiger partial charge in [-0.1, -0.05) is 42.5 Å². The third kappa shape index (κ3) is 6.35. The average molecular weight is 221 g/mol. The Morgan fingerprint density at radius 3 is 2.75 bits per heavy atom. The highest BCUT2D eigenvalue weighted by molar-refractivity contribution is 5.48. The fourth-order valence-corrected chi connectivity index (χ4v) is 1.26. The molecule has 16 heavy (non-hydrogen) atoms. The quantitative estimate of drug-likeness (QED) is 0.650. The van der Waals surface area contributed by atoms with Gasteiger partial charge in [-0.3, -0.25) is 0 Å². The highest BCUT2D eigenvalue weighted by Gasteiger charge is 1.86. The van der Waals surface area contributed by atoms with Crippen molar-refractivity contribution in [3.63, 3.8) is 0 Å². The van der Waals surface area contributed by atoms with Crippen molar-refractivity contribution < 1.29 is 9.84 Å². The van der Waals surface area contributed by atoms with Crippen molar-refractivity contribution in [3.05, 3.63) is 42.0 Å². The first-order chi connectivity index (χ1) is 7.93. The van der Waals surface area contributed by atoms with Gasteiger partial charge in [0, 0.05) is 13.1 Å². The predicted octanol–water partition coefficient (Wildman–Crippen LogP) is 1.30. The third-order valence-electron chi connectivity index (χ3n) is 2.03. The lowest BCUT2D eigenvalue weighted by Crippen LogP contribution is -2.20. The molecule has 0 saturated heterocycles. The normalized spacial score (nSPS) is 11.1. The monoisotopic (exact) mass is 221 g/mol. The van der Waals surface area contributed by atoms with E-state index in [1.165, 1.54) is 5.56 Å². The number of rotatable bonds is 8. The van der Waals surface area contributed by atoms with Crippen LogP contribution in [0.2, 0.25) is 0 Å². The van der Waals surface area contributed by atoms with E-state index in [-0.39, 0.29) is 6.61 Å². The minimum Gasteiger partial charge on any atom is -0.394 e. The molecule has 3 nitrogen and oxygen atoms in total. The van der Waals surface area contributed by atoms with Crippen molar-refractivity contribution in [2.24, 2.45) is 0 Å². The lowest BCUT2D eigenvalue weighted by atomic mass is 10.2. The molecule has 0 bridgehead atoms. The van der Waals surface area contributed by atoms with Crippen molar-refractivity contribution in [3.8, 4) is 0 Å². The molecular formula is C13H19NO2. The van der Waals surface area contributed by atoms with Crippen LogP contribution in [-0.4, -0.2) is 38.0 Å². The minimum absolute atomic E-state index is 0.0912. The zero-order valence-electron chi connectivity index (χ0n) is 9.43. The molecule has 0 aliphatic rings. The van der Waals surface area contributed by atoms with Gasteiger partial charge in [-0.25, -0.2) is 0 Å². The van der Waals surface area contributed by atoms with E-state index in [0.29, 0.717) is 13.2 Å². The van der Waals surface area contributed by atoms with Gasteiger partial charge in [-0.15, -0.1) is 0 Å². The summed E-state index contributed by atoms with van der Waals surface area (Å²) in [5, 5.41) is 11.7. The fraction of sp³-hybridized carbons (Fsp3) is 0.385. The number of ether oxygens (including phenoxy) is 1. The maximum absolute atomic E-state index is 8.48. The predicted molar refractivity (Wildman–Crippen MR) is 66.3 cm³/mol. The molecule has 0 aliphatic heterocycles. The first-order valence-electron chi connectivity index (χ1n) is 5.54. The van der Waals surface area contributed by atoms with Crippen molar-refractivity contribution in [2.45, 2.75) is 0 Å². The summed E-state index contributed by atoms with van der Waals surface area (Å²) in [6, 6.07) is 10.2. The molecule has 0 fully saturated rings. The standard InChI is InChI=1S/C13H19NO2/c15-10-12-16-11-9-14-8-4-7-13-5-2-1-3-6-13/h1-7,14-15H,8-12H2/b7-4+. The Labute approximate surface area is 96.8 Å². The summed E-state index contributed by atoms with van der Waals surface area (Å²) < 4.78 is 5.11. The molecule has 1 aromatic rings. The Balaban J connectivity index is 2.01. The summed E-state index contributed by atoms with van der Waals surface area (Å²) in [5.74, 6) is 0. The summed E-state index contributed by atoms with van der Waals surface area (Å²) in [7, 11) is 0. The summed E-state index contributed by atoms with van der Waals surface area (Å²) in [4.78, 5) is 0. The van der Waals surface area contributed by atoms with Gasteiger partial charge in [0.05, 0.1) is 19.8 Å². The molecule has 1 rings (SSSR count). The van der Waals surface area contributed by atoms with Crippen LogP contribution in [0.3, 0.4) is 0 Å². The van der Waals surface area contributed by atoms with Crippen LogP contribution in [0.1, 0.15) is 5.56 Å². The topological polar surface area (TPSA) is 41.5 Å². The number of hydrogen-bond donors (Lipinski definition) is 2. The van der Waals surface area contributed by atoms with E-state index in [9.17, 15) is 0 Å². The van der Waals surface area contributed by atoms with E-state index in [2.05, 4.69) is 29.6 Å². The summed E-state index contributed by atoms with van der Waals surface area (Å²) in [6.07, 6.45) is 4.17. The van der Waals surface area contributed by atoms with E-state index in [1.54, 1.807) is 0 Å². The summed E-state index contributed by atoms with van der Waals surface area (Å²) in [5.41, 5.74) is 1.21. The van der Waals surface area contributed by atoms with E-state index < -0.39 is 0 Å².